The number of aliphatic hydroxyl groups is 1. The van der Waals surface area contributed by atoms with Gasteiger partial charge in [0, 0.05) is 11.5 Å². The fourth-order valence-electron chi connectivity index (χ4n) is 1.82. The third-order valence-corrected chi connectivity index (χ3v) is 2.58. The molecule has 0 aliphatic carbocycles. The van der Waals surface area contributed by atoms with Crippen LogP contribution in [0, 0.1) is 0 Å². The van der Waals surface area contributed by atoms with E-state index >= 15 is 0 Å². The van der Waals surface area contributed by atoms with Crippen LogP contribution in [0.1, 0.15) is 40.0 Å². The van der Waals surface area contributed by atoms with Gasteiger partial charge < -0.3 is 14.7 Å². The molecular weight excluding hydrogens is 236 g/mol. The molecule has 102 valence electrons. The van der Waals surface area contributed by atoms with Crippen molar-refractivity contribution in [1.29, 1.82) is 0 Å². The summed E-state index contributed by atoms with van der Waals surface area (Å²) in [6, 6.07) is 0. The standard InChI is InChI=1S/C11H20N4O3/c1-10(2,3)18-9(16)15-7-5-4-6-11(17,8-15)13-14-12/h17H,4-8H2,1-3H3. The molecule has 0 aromatic rings. The molecule has 7 heteroatoms. The summed E-state index contributed by atoms with van der Waals surface area (Å²) in [7, 11) is 0. The van der Waals surface area contributed by atoms with Crippen LogP contribution in [-0.4, -0.2) is 40.5 Å². The highest BCUT2D eigenvalue weighted by Gasteiger charge is 2.34. The number of carbonyl (C=O) groups is 1. The largest absolute Gasteiger partial charge is 0.444 e. The van der Waals surface area contributed by atoms with Gasteiger partial charge >= 0.3 is 6.09 Å². The summed E-state index contributed by atoms with van der Waals surface area (Å²) < 4.78 is 5.25. The molecule has 0 bridgehead atoms. The molecule has 1 heterocycles. The van der Waals surface area contributed by atoms with E-state index in [0.29, 0.717) is 19.4 Å². The van der Waals surface area contributed by atoms with E-state index in [1.165, 1.54) is 4.90 Å². The summed E-state index contributed by atoms with van der Waals surface area (Å²) >= 11 is 0. The van der Waals surface area contributed by atoms with Crippen molar-refractivity contribution in [3.05, 3.63) is 10.4 Å². The highest BCUT2D eigenvalue weighted by atomic mass is 16.6. The number of likely N-dealkylation sites (tertiary alicyclic amines) is 1. The number of rotatable bonds is 1. The molecule has 0 aromatic heterocycles. The van der Waals surface area contributed by atoms with Gasteiger partial charge in [-0.3, -0.25) is 0 Å². The van der Waals surface area contributed by atoms with Crippen LogP contribution in [0.25, 0.3) is 10.4 Å². The first-order valence-corrected chi connectivity index (χ1v) is 6.02. The first-order chi connectivity index (χ1) is 8.26. The summed E-state index contributed by atoms with van der Waals surface area (Å²) in [5.41, 5.74) is 6.34. The molecule has 1 atom stereocenters. The van der Waals surface area contributed by atoms with E-state index in [1.807, 2.05) is 0 Å². The van der Waals surface area contributed by atoms with Crippen molar-refractivity contribution < 1.29 is 14.6 Å². The predicted molar refractivity (Wildman–Crippen MR) is 65.8 cm³/mol. The molecule has 7 nitrogen and oxygen atoms in total. The minimum absolute atomic E-state index is 0.0219. The van der Waals surface area contributed by atoms with Crippen LogP contribution in [0.3, 0.4) is 0 Å². The molecule has 1 rings (SSSR count). The predicted octanol–water partition coefficient (Wildman–Crippen LogP) is 2.41. The zero-order valence-corrected chi connectivity index (χ0v) is 11.1. The molecule has 0 saturated carbocycles. The number of nitrogens with zero attached hydrogens (tertiary/aromatic N) is 4. The minimum Gasteiger partial charge on any atom is -0.444 e. The van der Waals surface area contributed by atoms with E-state index in [0.717, 1.165) is 6.42 Å². The zero-order chi connectivity index (χ0) is 13.8. The lowest BCUT2D eigenvalue weighted by Crippen LogP contribution is -2.45. The van der Waals surface area contributed by atoms with Gasteiger partial charge in [-0.05, 0) is 45.6 Å². The molecule has 1 aliphatic rings. The molecule has 0 spiro atoms. The van der Waals surface area contributed by atoms with E-state index in [2.05, 4.69) is 10.0 Å². The number of ether oxygens (including phenoxy) is 1. The van der Waals surface area contributed by atoms with Gasteiger partial charge in [0.1, 0.15) is 5.60 Å². The van der Waals surface area contributed by atoms with Crippen LogP contribution in [0.15, 0.2) is 5.11 Å². The van der Waals surface area contributed by atoms with Crippen molar-refractivity contribution >= 4 is 6.09 Å². The van der Waals surface area contributed by atoms with Crippen LogP contribution in [0.2, 0.25) is 0 Å². The first-order valence-electron chi connectivity index (χ1n) is 6.02. The summed E-state index contributed by atoms with van der Waals surface area (Å²) in [5, 5.41) is 13.5. The van der Waals surface area contributed by atoms with Crippen molar-refractivity contribution in [3.8, 4) is 0 Å². The molecule has 1 aliphatic heterocycles. The Hall–Kier alpha value is -1.46. The minimum atomic E-state index is -1.53. The SMILES string of the molecule is CC(C)(C)OC(=O)N1CCCCC(O)(N=[N+]=[N-])C1. The number of hydrogen-bond acceptors (Lipinski definition) is 4. The molecule has 18 heavy (non-hydrogen) atoms. The lowest BCUT2D eigenvalue weighted by molar-refractivity contribution is -0.0109. The van der Waals surface area contributed by atoms with Gasteiger partial charge in [0.05, 0.1) is 6.54 Å². The number of amides is 1. The van der Waals surface area contributed by atoms with E-state index in [9.17, 15) is 9.90 Å². The molecule has 1 N–H and O–H groups in total. The average Bonchev–Trinajstić information content (AvgIpc) is 2.38. The lowest BCUT2D eigenvalue weighted by atomic mass is 10.1. The van der Waals surface area contributed by atoms with Crippen LogP contribution in [-0.2, 0) is 4.74 Å². The molecule has 1 fully saturated rings. The number of hydrogen-bond donors (Lipinski definition) is 1. The van der Waals surface area contributed by atoms with Crippen molar-refractivity contribution in [3.63, 3.8) is 0 Å². The maximum absolute atomic E-state index is 11.9. The average molecular weight is 256 g/mol. The Labute approximate surface area is 106 Å². The van der Waals surface area contributed by atoms with E-state index in [4.69, 9.17) is 10.3 Å². The molecular formula is C11H20N4O3. The maximum atomic E-state index is 11.9. The normalized spacial score (nSPS) is 25.0. The Balaban J connectivity index is 2.76. The molecule has 0 radical (unpaired) electrons. The van der Waals surface area contributed by atoms with Gasteiger partial charge in [-0.25, -0.2) is 4.79 Å². The van der Waals surface area contributed by atoms with Crippen molar-refractivity contribution in [1.82, 2.24) is 4.90 Å². The zero-order valence-electron chi connectivity index (χ0n) is 11.1. The molecule has 1 unspecified atom stereocenters. The Kier molecular flexibility index (Phi) is 4.43. The lowest BCUT2D eigenvalue weighted by Gasteiger charge is -2.30. The van der Waals surface area contributed by atoms with Crippen LogP contribution < -0.4 is 0 Å². The van der Waals surface area contributed by atoms with Crippen LogP contribution in [0.5, 0.6) is 0 Å². The summed E-state index contributed by atoms with van der Waals surface area (Å²) in [6.45, 7) is 5.82. The fourth-order valence-corrected chi connectivity index (χ4v) is 1.82. The Morgan fingerprint density at radius 1 is 1.50 bits per heavy atom. The Morgan fingerprint density at radius 2 is 2.17 bits per heavy atom. The third kappa shape index (κ3) is 4.43. The van der Waals surface area contributed by atoms with E-state index in [-0.39, 0.29) is 6.54 Å². The number of carbonyl (C=O) groups excluding carboxylic acids is 1. The second-order valence-corrected chi connectivity index (χ2v) is 5.53. The van der Waals surface area contributed by atoms with E-state index in [1.54, 1.807) is 20.8 Å². The summed E-state index contributed by atoms with van der Waals surface area (Å²) in [6.07, 6.45) is 1.32. The smallest absolute Gasteiger partial charge is 0.410 e. The van der Waals surface area contributed by atoms with Crippen molar-refractivity contribution in [2.45, 2.75) is 51.4 Å². The van der Waals surface area contributed by atoms with Gasteiger partial charge in [-0.2, -0.15) is 0 Å². The summed E-state index contributed by atoms with van der Waals surface area (Å²) in [5.74, 6) is 0. The summed E-state index contributed by atoms with van der Waals surface area (Å²) in [4.78, 5) is 15.9. The van der Waals surface area contributed by atoms with Gasteiger partial charge in [-0.15, -0.1) is 0 Å². The van der Waals surface area contributed by atoms with Gasteiger partial charge in [0.25, 0.3) is 0 Å². The molecule has 0 aromatic carbocycles. The number of azide groups is 1. The second-order valence-electron chi connectivity index (χ2n) is 5.53. The quantitative estimate of drug-likeness (QED) is 0.443. The van der Waals surface area contributed by atoms with E-state index < -0.39 is 17.4 Å². The monoisotopic (exact) mass is 256 g/mol. The van der Waals surface area contributed by atoms with Crippen molar-refractivity contribution in [2.75, 3.05) is 13.1 Å². The van der Waals surface area contributed by atoms with Crippen LogP contribution in [0.4, 0.5) is 4.79 Å². The highest BCUT2D eigenvalue weighted by molar-refractivity contribution is 5.68. The van der Waals surface area contributed by atoms with Gasteiger partial charge in [0.15, 0.2) is 5.72 Å². The molecule has 1 amide bonds. The van der Waals surface area contributed by atoms with Gasteiger partial charge in [-0.1, -0.05) is 5.11 Å². The van der Waals surface area contributed by atoms with Crippen LogP contribution >= 0.6 is 0 Å². The third-order valence-electron chi connectivity index (χ3n) is 2.58. The Morgan fingerprint density at radius 3 is 2.72 bits per heavy atom. The fraction of sp³-hybridized carbons (Fsp3) is 0.909. The van der Waals surface area contributed by atoms with Gasteiger partial charge in [0.2, 0.25) is 0 Å². The Bertz CT molecular complexity index is 360. The topological polar surface area (TPSA) is 98.5 Å². The first kappa shape index (κ1) is 14.6. The number of β-amino-alcohol motifs (C(OH)–C–C–N with tert-alkyl or cyclic N) is 1. The maximum Gasteiger partial charge on any atom is 0.410 e. The van der Waals surface area contributed by atoms with Crippen molar-refractivity contribution in [2.24, 2.45) is 5.11 Å². The highest BCUT2D eigenvalue weighted by Crippen LogP contribution is 2.23. The second kappa shape index (κ2) is 5.46. The molecule has 1 saturated heterocycles.